The number of ketones is 2. The van der Waals surface area contributed by atoms with E-state index in [2.05, 4.69) is 5.32 Å². The van der Waals surface area contributed by atoms with Crippen molar-refractivity contribution in [2.75, 3.05) is 19.0 Å². The number of esters is 2. The maximum absolute atomic E-state index is 12.4. The van der Waals surface area contributed by atoms with Crippen LogP contribution in [0.4, 0.5) is 5.69 Å². The fraction of sp³-hybridized carbons (Fsp3) is 0.258. The largest absolute Gasteiger partial charge is 0.497 e. The van der Waals surface area contributed by atoms with E-state index in [1.54, 1.807) is 36.4 Å². The lowest BCUT2D eigenvalue weighted by molar-refractivity contribution is -0.146. The molecule has 3 rings (SSSR count). The van der Waals surface area contributed by atoms with Crippen LogP contribution in [0.2, 0.25) is 0 Å². The maximum atomic E-state index is 12.4. The van der Waals surface area contributed by atoms with Gasteiger partial charge in [-0.15, -0.1) is 0 Å². The number of Topliss-reactive ketones (excluding diaryl/α,β-unsaturated/α-hetero) is 2. The molecule has 0 aliphatic carbocycles. The number of carbonyl (C=O) groups is 5. The van der Waals surface area contributed by atoms with Gasteiger partial charge in [-0.3, -0.25) is 19.2 Å². The first-order chi connectivity index (χ1) is 19.2. The summed E-state index contributed by atoms with van der Waals surface area (Å²) in [6.45, 7) is 3.03. The second kappa shape index (κ2) is 14.4. The summed E-state index contributed by atoms with van der Waals surface area (Å²) in [7, 11) is 1.52. The van der Waals surface area contributed by atoms with Crippen LogP contribution in [-0.4, -0.2) is 49.2 Å². The molecule has 9 nitrogen and oxygen atoms in total. The number of methoxy groups -OCH3 is 1. The number of carbonyl (C=O) groups excluding carboxylic acids is 5. The summed E-state index contributed by atoms with van der Waals surface area (Å²) in [6, 6.07) is 19.5. The molecule has 1 atom stereocenters. The third-order valence-corrected chi connectivity index (χ3v) is 5.95. The number of nitrogens with one attached hydrogen (secondary N) is 1. The smallest absolute Gasteiger partial charge is 0.338 e. The molecule has 1 unspecified atom stereocenters. The van der Waals surface area contributed by atoms with Crippen LogP contribution in [0.15, 0.2) is 72.8 Å². The van der Waals surface area contributed by atoms with Crippen LogP contribution in [-0.2, 0) is 19.1 Å². The van der Waals surface area contributed by atoms with Gasteiger partial charge in [0.05, 0.1) is 12.7 Å². The van der Waals surface area contributed by atoms with E-state index in [1.807, 2.05) is 19.1 Å². The minimum atomic E-state index is -0.958. The lowest BCUT2D eigenvalue weighted by atomic mass is 10.1. The van der Waals surface area contributed by atoms with E-state index in [9.17, 15) is 24.0 Å². The van der Waals surface area contributed by atoms with E-state index in [0.29, 0.717) is 22.6 Å². The molecule has 0 radical (unpaired) electrons. The van der Waals surface area contributed by atoms with Gasteiger partial charge in [0, 0.05) is 29.7 Å². The van der Waals surface area contributed by atoms with Gasteiger partial charge in [0.25, 0.3) is 0 Å². The monoisotopic (exact) mass is 545 g/mol. The van der Waals surface area contributed by atoms with Crippen LogP contribution in [0.1, 0.15) is 62.8 Å². The van der Waals surface area contributed by atoms with E-state index < -0.39 is 18.0 Å². The van der Waals surface area contributed by atoms with Crippen LogP contribution in [0.3, 0.4) is 0 Å². The lowest BCUT2D eigenvalue weighted by Gasteiger charge is -2.12. The van der Waals surface area contributed by atoms with Gasteiger partial charge in [0.15, 0.2) is 18.5 Å². The number of amides is 1. The number of aryl methyl sites for hydroxylation is 1. The van der Waals surface area contributed by atoms with E-state index in [4.69, 9.17) is 14.2 Å². The summed E-state index contributed by atoms with van der Waals surface area (Å²) in [5, 5.41) is 2.69. The summed E-state index contributed by atoms with van der Waals surface area (Å²) < 4.78 is 15.4. The Morgan fingerprint density at radius 2 is 1.38 bits per heavy atom. The average Bonchev–Trinajstić information content (AvgIpc) is 2.96. The molecular formula is C31H31NO8. The Labute approximate surface area is 232 Å². The SMILES string of the molecule is COc1ccc(C(=O)C(C)OC(=O)CCCC(=O)Nc2ccc(C(=O)OCC(=O)c3ccc(C)cc3)cc2)cc1. The Morgan fingerprint density at radius 1 is 0.775 bits per heavy atom. The maximum Gasteiger partial charge on any atom is 0.338 e. The fourth-order valence-corrected chi connectivity index (χ4v) is 3.64. The molecule has 40 heavy (non-hydrogen) atoms. The predicted molar refractivity (Wildman–Crippen MR) is 148 cm³/mol. The molecule has 208 valence electrons. The highest BCUT2D eigenvalue weighted by molar-refractivity contribution is 6.00. The van der Waals surface area contributed by atoms with Crippen molar-refractivity contribution in [1.82, 2.24) is 0 Å². The van der Waals surface area contributed by atoms with Gasteiger partial charge in [0.1, 0.15) is 5.75 Å². The molecule has 9 heteroatoms. The predicted octanol–water partition coefficient (Wildman–Crippen LogP) is 4.97. The summed E-state index contributed by atoms with van der Waals surface area (Å²) in [4.78, 5) is 61.3. The van der Waals surface area contributed by atoms with Crippen LogP contribution >= 0.6 is 0 Å². The molecule has 1 amide bonds. The van der Waals surface area contributed by atoms with Crippen molar-refractivity contribution in [3.8, 4) is 5.75 Å². The minimum absolute atomic E-state index is 0.0280. The van der Waals surface area contributed by atoms with Gasteiger partial charge in [-0.1, -0.05) is 29.8 Å². The van der Waals surface area contributed by atoms with Crippen LogP contribution in [0.5, 0.6) is 5.75 Å². The fourth-order valence-electron chi connectivity index (χ4n) is 3.64. The number of anilines is 1. The molecule has 0 aromatic heterocycles. The molecule has 0 saturated carbocycles. The molecule has 3 aromatic carbocycles. The Morgan fingerprint density at radius 3 is 2.00 bits per heavy atom. The molecule has 3 aromatic rings. The van der Waals surface area contributed by atoms with Crippen molar-refractivity contribution in [3.05, 3.63) is 95.1 Å². The van der Waals surface area contributed by atoms with Gasteiger partial charge >= 0.3 is 11.9 Å². The normalized spacial score (nSPS) is 11.2. The summed E-state index contributed by atoms with van der Waals surface area (Å²) in [5.74, 6) is -1.59. The van der Waals surface area contributed by atoms with Gasteiger partial charge in [-0.2, -0.15) is 0 Å². The number of hydrogen-bond acceptors (Lipinski definition) is 8. The minimum Gasteiger partial charge on any atom is -0.497 e. The lowest BCUT2D eigenvalue weighted by Crippen LogP contribution is -2.24. The van der Waals surface area contributed by atoms with Gasteiger partial charge in [0.2, 0.25) is 11.7 Å². The highest BCUT2D eigenvalue weighted by Gasteiger charge is 2.20. The van der Waals surface area contributed by atoms with Crippen molar-refractivity contribution in [2.45, 2.75) is 39.2 Å². The molecular weight excluding hydrogens is 514 g/mol. The third kappa shape index (κ3) is 8.90. The molecule has 0 aliphatic heterocycles. The zero-order valence-electron chi connectivity index (χ0n) is 22.6. The first-order valence-corrected chi connectivity index (χ1v) is 12.7. The quantitative estimate of drug-likeness (QED) is 0.236. The number of rotatable bonds is 13. The Balaban J connectivity index is 1.37. The molecule has 0 saturated heterocycles. The van der Waals surface area contributed by atoms with Crippen molar-refractivity contribution in [2.24, 2.45) is 0 Å². The Kier molecular flexibility index (Phi) is 10.7. The summed E-state index contributed by atoms with van der Waals surface area (Å²) in [6.07, 6.45) is -0.700. The van der Waals surface area contributed by atoms with Crippen molar-refractivity contribution in [3.63, 3.8) is 0 Å². The topological polar surface area (TPSA) is 125 Å². The summed E-state index contributed by atoms with van der Waals surface area (Å²) >= 11 is 0. The molecule has 0 bridgehead atoms. The van der Waals surface area contributed by atoms with E-state index in [-0.39, 0.29) is 48.9 Å². The van der Waals surface area contributed by atoms with Gasteiger partial charge in [-0.25, -0.2) is 4.79 Å². The van der Waals surface area contributed by atoms with Crippen LogP contribution in [0.25, 0.3) is 0 Å². The highest BCUT2D eigenvalue weighted by atomic mass is 16.5. The van der Waals surface area contributed by atoms with E-state index in [0.717, 1.165) is 5.56 Å². The zero-order valence-corrected chi connectivity index (χ0v) is 22.6. The number of benzene rings is 3. The van der Waals surface area contributed by atoms with Gasteiger partial charge in [-0.05, 0) is 68.8 Å². The van der Waals surface area contributed by atoms with Crippen LogP contribution in [0, 0.1) is 6.92 Å². The zero-order chi connectivity index (χ0) is 29.1. The Hall–Kier alpha value is -4.79. The second-order valence-electron chi connectivity index (χ2n) is 9.07. The molecule has 0 fully saturated rings. The highest BCUT2D eigenvalue weighted by Crippen LogP contribution is 2.15. The Bertz CT molecular complexity index is 1350. The number of ether oxygens (including phenoxy) is 3. The van der Waals surface area contributed by atoms with Crippen molar-refractivity contribution < 1.29 is 38.2 Å². The standard InChI is InChI=1S/C31H31NO8/c1-20-7-9-22(10-8-20)27(33)19-39-31(37)24-11-15-25(16-12-24)32-28(34)5-4-6-29(35)40-21(2)30(36)23-13-17-26(38-3)18-14-23/h7-18,21H,4-6,19H2,1-3H3,(H,32,34). The molecule has 0 heterocycles. The second-order valence-corrected chi connectivity index (χ2v) is 9.07. The average molecular weight is 546 g/mol. The van der Waals surface area contributed by atoms with Crippen molar-refractivity contribution in [1.29, 1.82) is 0 Å². The van der Waals surface area contributed by atoms with Crippen molar-refractivity contribution >= 4 is 35.1 Å². The summed E-state index contributed by atoms with van der Waals surface area (Å²) in [5.41, 5.74) is 2.57. The van der Waals surface area contributed by atoms with E-state index in [1.165, 1.54) is 38.3 Å². The first kappa shape index (κ1) is 29.8. The third-order valence-electron chi connectivity index (χ3n) is 5.95. The molecule has 1 N–H and O–H groups in total. The van der Waals surface area contributed by atoms with E-state index >= 15 is 0 Å². The molecule has 0 aliphatic rings. The number of hydrogen-bond donors (Lipinski definition) is 1. The van der Waals surface area contributed by atoms with Crippen LogP contribution < -0.4 is 10.1 Å². The van der Waals surface area contributed by atoms with Gasteiger partial charge < -0.3 is 19.5 Å². The molecule has 0 spiro atoms. The first-order valence-electron chi connectivity index (χ1n) is 12.7.